The maximum absolute atomic E-state index is 12.8. The van der Waals surface area contributed by atoms with E-state index >= 15 is 0 Å². The quantitative estimate of drug-likeness (QED) is 0.806. The number of halogens is 1. The van der Waals surface area contributed by atoms with Gasteiger partial charge >= 0.3 is 6.03 Å². The topological polar surface area (TPSA) is 68.8 Å². The number of ether oxygens (including phenoxy) is 3. The SMILES string of the molecule is COc1cc(OC)c(OC)cc1CCNC(=O)Nc1ccc(F)cc1. The number of rotatable bonds is 7. The predicted molar refractivity (Wildman–Crippen MR) is 93.2 cm³/mol. The monoisotopic (exact) mass is 348 g/mol. The van der Waals surface area contributed by atoms with Crippen molar-refractivity contribution < 1.29 is 23.4 Å². The molecule has 0 spiro atoms. The maximum atomic E-state index is 12.8. The molecule has 2 rings (SSSR count). The van der Waals surface area contributed by atoms with E-state index in [4.69, 9.17) is 14.2 Å². The Morgan fingerprint density at radius 2 is 1.56 bits per heavy atom. The molecule has 0 bridgehead atoms. The molecule has 7 heteroatoms. The highest BCUT2D eigenvalue weighted by Gasteiger charge is 2.12. The van der Waals surface area contributed by atoms with Crippen LogP contribution in [-0.4, -0.2) is 33.9 Å². The fourth-order valence-electron chi connectivity index (χ4n) is 2.31. The van der Waals surface area contributed by atoms with Gasteiger partial charge in [-0.3, -0.25) is 0 Å². The van der Waals surface area contributed by atoms with Gasteiger partial charge in [-0.25, -0.2) is 9.18 Å². The number of urea groups is 1. The number of hydrogen-bond donors (Lipinski definition) is 2. The molecule has 0 atom stereocenters. The van der Waals surface area contributed by atoms with Crippen molar-refractivity contribution >= 4 is 11.7 Å². The molecule has 0 radical (unpaired) electrons. The third-order valence-electron chi connectivity index (χ3n) is 3.57. The minimum Gasteiger partial charge on any atom is -0.496 e. The van der Waals surface area contributed by atoms with Crippen LogP contribution in [0.2, 0.25) is 0 Å². The molecule has 0 unspecified atom stereocenters. The van der Waals surface area contributed by atoms with Crippen LogP contribution < -0.4 is 24.8 Å². The molecular formula is C18H21FN2O4. The largest absolute Gasteiger partial charge is 0.496 e. The van der Waals surface area contributed by atoms with Crippen LogP contribution in [0, 0.1) is 5.82 Å². The molecule has 0 aromatic heterocycles. The smallest absolute Gasteiger partial charge is 0.319 e. The Kier molecular flexibility index (Phi) is 6.45. The summed E-state index contributed by atoms with van der Waals surface area (Å²) in [7, 11) is 4.68. The summed E-state index contributed by atoms with van der Waals surface area (Å²) in [6.07, 6.45) is 0.542. The molecule has 2 amide bonds. The van der Waals surface area contributed by atoms with Crippen LogP contribution in [0.1, 0.15) is 5.56 Å². The number of carbonyl (C=O) groups is 1. The Bertz CT molecular complexity index is 720. The Balaban J connectivity index is 1.94. The Hall–Kier alpha value is -2.96. The van der Waals surface area contributed by atoms with Crippen LogP contribution in [0.15, 0.2) is 36.4 Å². The molecule has 0 saturated carbocycles. The van der Waals surface area contributed by atoms with E-state index in [1.165, 1.54) is 24.3 Å². The number of amides is 2. The lowest BCUT2D eigenvalue weighted by atomic mass is 10.1. The minimum atomic E-state index is -0.369. The molecule has 2 aromatic carbocycles. The lowest BCUT2D eigenvalue weighted by Crippen LogP contribution is -2.30. The van der Waals surface area contributed by atoms with Crippen LogP contribution in [0.25, 0.3) is 0 Å². The van der Waals surface area contributed by atoms with E-state index in [1.807, 2.05) is 6.07 Å². The first-order valence-corrected chi connectivity index (χ1v) is 7.66. The average molecular weight is 348 g/mol. The maximum Gasteiger partial charge on any atom is 0.319 e. The second kappa shape index (κ2) is 8.77. The molecule has 0 fully saturated rings. The van der Waals surface area contributed by atoms with Crippen LogP contribution in [0.4, 0.5) is 14.9 Å². The van der Waals surface area contributed by atoms with E-state index in [1.54, 1.807) is 27.4 Å². The van der Waals surface area contributed by atoms with Gasteiger partial charge in [0.05, 0.1) is 21.3 Å². The predicted octanol–water partition coefficient (Wildman–Crippen LogP) is 3.22. The Labute approximate surface area is 145 Å². The lowest BCUT2D eigenvalue weighted by Gasteiger charge is -2.14. The number of carbonyl (C=O) groups excluding carboxylic acids is 1. The molecule has 2 aromatic rings. The summed E-state index contributed by atoms with van der Waals surface area (Å²) < 4.78 is 28.7. The second-order valence-corrected chi connectivity index (χ2v) is 5.16. The second-order valence-electron chi connectivity index (χ2n) is 5.16. The Morgan fingerprint density at radius 1 is 0.960 bits per heavy atom. The van der Waals surface area contributed by atoms with Crippen LogP contribution in [0.3, 0.4) is 0 Å². The van der Waals surface area contributed by atoms with Gasteiger partial charge in [-0.2, -0.15) is 0 Å². The summed E-state index contributed by atoms with van der Waals surface area (Å²) in [5.74, 6) is 1.46. The van der Waals surface area contributed by atoms with Gasteiger partial charge in [-0.15, -0.1) is 0 Å². The first-order valence-electron chi connectivity index (χ1n) is 7.66. The fraction of sp³-hybridized carbons (Fsp3) is 0.278. The summed E-state index contributed by atoms with van der Waals surface area (Å²) in [5, 5.41) is 5.37. The highest BCUT2D eigenvalue weighted by Crippen LogP contribution is 2.34. The van der Waals surface area contributed by atoms with E-state index in [0.717, 1.165) is 5.56 Å². The summed E-state index contributed by atoms with van der Waals surface area (Å²) in [5.41, 5.74) is 1.39. The van der Waals surface area contributed by atoms with Gasteiger partial charge < -0.3 is 24.8 Å². The molecule has 2 N–H and O–H groups in total. The molecule has 134 valence electrons. The summed E-state index contributed by atoms with van der Waals surface area (Å²) in [6.45, 7) is 0.388. The van der Waals surface area contributed by atoms with E-state index in [-0.39, 0.29) is 11.8 Å². The van der Waals surface area contributed by atoms with Crippen molar-refractivity contribution in [2.24, 2.45) is 0 Å². The van der Waals surface area contributed by atoms with Crippen LogP contribution in [-0.2, 0) is 6.42 Å². The normalized spacial score (nSPS) is 10.1. The van der Waals surface area contributed by atoms with Gasteiger partial charge in [-0.1, -0.05) is 0 Å². The first-order chi connectivity index (χ1) is 12.1. The van der Waals surface area contributed by atoms with Crippen molar-refractivity contribution in [3.63, 3.8) is 0 Å². The van der Waals surface area contributed by atoms with Gasteiger partial charge in [0.1, 0.15) is 11.6 Å². The molecule has 0 aliphatic rings. The van der Waals surface area contributed by atoms with Gasteiger partial charge in [0.2, 0.25) is 0 Å². The van der Waals surface area contributed by atoms with E-state index in [2.05, 4.69) is 10.6 Å². The van der Waals surface area contributed by atoms with Crippen molar-refractivity contribution in [3.8, 4) is 17.2 Å². The number of benzene rings is 2. The molecular weight excluding hydrogens is 327 g/mol. The third kappa shape index (κ3) is 5.00. The number of methoxy groups -OCH3 is 3. The standard InChI is InChI=1S/C18H21FN2O4/c1-23-15-11-17(25-3)16(24-2)10-12(15)8-9-20-18(22)21-14-6-4-13(19)5-7-14/h4-7,10-11H,8-9H2,1-3H3,(H2,20,21,22). The van der Waals surface area contributed by atoms with Crippen molar-refractivity contribution in [1.29, 1.82) is 0 Å². The molecule has 0 heterocycles. The van der Waals surface area contributed by atoms with Crippen molar-refractivity contribution in [3.05, 3.63) is 47.8 Å². The first kappa shape index (κ1) is 18.4. The van der Waals surface area contributed by atoms with Gasteiger partial charge in [0.25, 0.3) is 0 Å². The molecule has 6 nitrogen and oxygen atoms in total. The van der Waals surface area contributed by atoms with E-state index in [9.17, 15) is 9.18 Å². The summed E-state index contributed by atoms with van der Waals surface area (Å²) in [6, 6.07) is 8.74. The van der Waals surface area contributed by atoms with Gasteiger partial charge in [-0.05, 0) is 42.3 Å². The van der Waals surface area contributed by atoms with Crippen molar-refractivity contribution in [1.82, 2.24) is 5.32 Å². The van der Waals surface area contributed by atoms with Gasteiger partial charge in [0, 0.05) is 18.3 Å². The molecule has 25 heavy (non-hydrogen) atoms. The summed E-state index contributed by atoms with van der Waals surface area (Å²) in [4.78, 5) is 11.9. The number of hydrogen-bond acceptors (Lipinski definition) is 4. The summed E-state index contributed by atoms with van der Waals surface area (Å²) >= 11 is 0. The Morgan fingerprint density at radius 3 is 2.16 bits per heavy atom. The van der Waals surface area contributed by atoms with Crippen LogP contribution in [0.5, 0.6) is 17.2 Å². The number of anilines is 1. The average Bonchev–Trinajstić information content (AvgIpc) is 2.63. The van der Waals surface area contributed by atoms with Crippen molar-refractivity contribution in [2.75, 3.05) is 33.2 Å². The van der Waals surface area contributed by atoms with E-state index < -0.39 is 0 Å². The molecule has 0 aliphatic heterocycles. The zero-order valence-electron chi connectivity index (χ0n) is 14.4. The lowest BCUT2D eigenvalue weighted by molar-refractivity contribution is 0.252. The van der Waals surface area contributed by atoms with E-state index in [0.29, 0.717) is 35.9 Å². The molecule has 0 saturated heterocycles. The number of nitrogens with one attached hydrogen (secondary N) is 2. The van der Waals surface area contributed by atoms with Crippen molar-refractivity contribution in [2.45, 2.75) is 6.42 Å². The zero-order valence-corrected chi connectivity index (χ0v) is 14.4. The minimum absolute atomic E-state index is 0.355. The third-order valence-corrected chi connectivity index (χ3v) is 3.57. The fourth-order valence-corrected chi connectivity index (χ4v) is 2.31. The highest BCUT2D eigenvalue weighted by atomic mass is 19.1. The molecule has 0 aliphatic carbocycles. The highest BCUT2D eigenvalue weighted by molar-refractivity contribution is 5.89. The van der Waals surface area contributed by atoms with Crippen LogP contribution >= 0.6 is 0 Å². The zero-order chi connectivity index (χ0) is 18.2. The van der Waals surface area contributed by atoms with Gasteiger partial charge in [0.15, 0.2) is 11.5 Å².